The molecule has 1 aromatic rings. The van der Waals surface area contributed by atoms with Gasteiger partial charge in [-0.15, -0.1) is 0 Å². The van der Waals surface area contributed by atoms with E-state index in [-0.39, 0.29) is 19.7 Å². The van der Waals surface area contributed by atoms with Crippen molar-refractivity contribution in [2.24, 2.45) is 0 Å². The lowest BCUT2D eigenvalue weighted by atomic mass is 10.3. The Bertz CT molecular complexity index is 382. The molecule has 0 aliphatic carbocycles. The largest absolute Gasteiger partial charge is 0.491 e. The van der Waals surface area contributed by atoms with Gasteiger partial charge in [-0.2, -0.15) is 0 Å². The molecular weight excluding hydrogens is 280 g/mol. The van der Waals surface area contributed by atoms with E-state index in [9.17, 15) is 13.9 Å². The minimum Gasteiger partial charge on any atom is -0.491 e. The Labute approximate surface area is 115 Å². The van der Waals surface area contributed by atoms with Gasteiger partial charge in [-0.25, -0.2) is 8.78 Å². The first-order valence-electron chi connectivity index (χ1n) is 5.72. The summed E-state index contributed by atoms with van der Waals surface area (Å²) in [4.78, 5) is 0. The standard InChI is InChI=1S/C12H16ClF2NO3/c13-8-2-1-3-10(4-8)19-7-9(17)5-16-6-11(18)12(14)15/h1-4,9,11-12,16-18H,5-7H2. The SMILES string of the molecule is OC(CNCC(O)C(F)F)COc1cccc(Cl)c1. The molecule has 0 aliphatic rings. The minimum absolute atomic E-state index is 0.00187. The number of benzene rings is 1. The predicted molar refractivity (Wildman–Crippen MR) is 67.8 cm³/mol. The maximum absolute atomic E-state index is 12.0. The topological polar surface area (TPSA) is 61.7 Å². The molecule has 0 amide bonds. The Kier molecular flexibility index (Phi) is 7.01. The second kappa shape index (κ2) is 8.27. The van der Waals surface area contributed by atoms with E-state index in [1.54, 1.807) is 24.3 Å². The highest BCUT2D eigenvalue weighted by atomic mass is 35.5. The van der Waals surface area contributed by atoms with Crippen LogP contribution in [-0.2, 0) is 0 Å². The van der Waals surface area contributed by atoms with Gasteiger partial charge in [-0.3, -0.25) is 0 Å². The highest BCUT2D eigenvalue weighted by Crippen LogP contribution is 2.17. The van der Waals surface area contributed by atoms with E-state index in [0.717, 1.165) is 0 Å². The summed E-state index contributed by atoms with van der Waals surface area (Å²) in [5.74, 6) is 0.513. The zero-order valence-corrected chi connectivity index (χ0v) is 10.9. The first kappa shape index (κ1) is 16.1. The second-order valence-corrected chi connectivity index (χ2v) is 4.42. The third kappa shape index (κ3) is 6.68. The van der Waals surface area contributed by atoms with Crippen molar-refractivity contribution < 1.29 is 23.7 Å². The van der Waals surface area contributed by atoms with Crippen molar-refractivity contribution in [2.75, 3.05) is 19.7 Å². The number of halogens is 3. The first-order chi connectivity index (χ1) is 8.99. The smallest absolute Gasteiger partial charge is 0.265 e. The van der Waals surface area contributed by atoms with Crippen LogP contribution in [0.5, 0.6) is 5.75 Å². The summed E-state index contributed by atoms with van der Waals surface area (Å²) in [6.45, 7) is -0.242. The molecule has 0 aromatic heterocycles. The minimum atomic E-state index is -2.80. The molecule has 0 spiro atoms. The summed E-state index contributed by atoms with van der Waals surface area (Å²) in [6, 6.07) is 6.69. The zero-order valence-electron chi connectivity index (χ0n) is 10.1. The van der Waals surface area contributed by atoms with Crippen LogP contribution in [0.3, 0.4) is 0 Å². The van der Waals surface area contributed by atoms with Crippen LogP contribution in [0.4, 0.5) is 8.78 Å². The quantitative estimate of drug-likeness (QED) is 0.676. The number of nitrogens with one attached hydrogen (secondary N) is 1. The molecule has 0 fully saturated rings. The fraction of sp³-hybridized carbons (Fsp3) is 0.500. The van der Waals surface area contributed by atoms with Gasteiger partial charge in [0.2, 0.25) is 0 Å². The monoisotopic (exact) mass is 295 g/mol. The van der Waals surface area contributed by atoms with Gasteiger partial charge < -0.3 is 20.3 Å². The molecule has 0 radical (unpaired) electrons. The van der Waals surface area contributed by atoms with E-state index in [2.05, 4.69) is 5.32 Å². The molecule has 2 unspecified atom stereocenters. The Morgan fingerprint density at radius 2 is 2.00 bits per heavy atom. The fourth-order valence-electron chi connectivity index (χ4n) is 1.30. The summed E-state index contributed by atoms with van der Waals surface area (Å²) in [7, 11) is 0. The van der Waals surface area contributed by atoms with Gasteiger partial charge in [-0.1, -0.05) is 17.7 Å². The average molecular weight is 296 g/mol. The van der Waals surface area contributed by atoms with Gasteiger partial charge in [0.1, 0.15) is 24.6 Å². The fourth-order valence-corrected chi connectivity index (χ4v) is 1.48. The van der Waals surface area contributed by atoms with Gasteiger partial charge >= 0.3 is 0 Å². The van der Waals surface area contributed by atoms with Crippen LogP contribution in [0.15, 0.2) is 24.3 Å². The molecule has 0 bridgehead atoms. The normalized spacial score (nSPS) is 14.4. The highest BCUT2D eigenvalue weighted by Gasteiger charge is 2.16. The molecule has 0 saturated carbocycles. The van der Waals surface area contributed by atoms with Crippen LogP contribution >= 0.6 is 11.6 Å². The van der Waals surface area contributed by atoms with Crippen molar-refractivity contribution in [3.05, 3.63) is 29.3 Å². The number of hydrogen-bond acceptors (Lipinski definition) is 4. The van der Waals surface area contributed by atoms with Gasteiger partial charge in [0.15, 0.2) is 0 Å². The molecule has 4 nitrogen and oxygen atoms in total. The number of rotatable bonds is 8. The van der Waals surface area contributed by atoms with Gasteiger partial charge in [0, 0.05) is 18.1 Å². The Morgan fingerprint density at radius 1 is 1.26 bits per heavy atom. The zero-order chi connectivity index (χ0) is 14.3. The highest BCUT2D eigenvalue weighted by molar-refractivity contribution is 6.30. The van der Waals surface area contributed by atoms with Crippen LogP contribution in [-0.4, -0.2) is 48.5 Å². The molecule has 0 heterocycles. The van der Waals surface area contributed by atoms with Crippen molar-refractivity contribution in [1.29, 1.82) is 0 Å². The third-order valence-corrected chi connectivity index (χ3v) is 2.50. The summed E-state index contributed by atoms with van der Waals surface area (Å²) in [6.07, 6.45) is -5.41. The van der Waals surface area contributed by atoms with Crippen molar-refractivity contribution in [1.82, 2.24) is 5.32 Å². The second-order valence-electron chi connectivity index (χ2n) is 3.98. The van der Waals surface area contributed by atoms with E-state index >= 15 is 0 Å². The van der Waals surface area contributed by atoms with E-state index in [1.165, 1.54) is 0 Å². The number of aliphatic hydroxyl groups is 2. The lowest BCUT2D eigenvalue weighted by Gasteiger charge is -2.15. The Morgan fingerprint density at radius 3 is 2.63 bits per heavy atom. The summed E-state index contributed by atoms with van der Waals surface area (Å²) >= 11 is 5.75. The van der Waals surface area contributed by atoms with Crippen molar-refractivity contribution in [2.45, 2.75) is 18.6 Å². The number of hydrogen-bond donors (Lipinski definition) is 3. The Hall–Kier alpha value is -0.950. The van der Waals surface area contributed by atoms with E-state index in [0.29, 0.717) is 10.8 Å². The lowest BCUT2D eigenvalue weighted by Crippen LogP contribution is -2.38. The summed E-state index contributed by atoms with van der Waals surface area (Å²) in [5, 5.41) is 21.4. The molecule has 0 saturated heterocycles. The number of ether oxygens (including phenoxy) is 1. The number of alkyl halides is 2. The van der Waals surface area contributed by atoms with Crippen LogP contribution in [0.2, 0.25) is 5.02 Å². The van der Waals surface area contributed by atoms with Crippen LogP contribution in [0.25, 0.3) is 0 Å². The molecule has 2 atom stereocenters. The number of aliphatic hydroxyl groups excluding tert-OH is 2. The first-order valence-corrected chi connectivity index (χ1v) is 6.10. The van der Waals surface area contributed by atoms with Gasteiger partial charge in [-0.05, 0) is 18.2 Å². The molecule has 7 heteroatoms. The summed E-state index contributed by atoms with van der Waals surface area (Å²) < 4.78 is 29.2. The third-order valence-electron chi connectivity index (χ3n) is 2.26. The van der Waals surface area contributed by atoms with E-state index < -0.39 is 18.6 Å². The Balaban J connectivity index is 2.19. The molecular formula is C12H16ClF2NO3. The molecule has 0 aliphatic heterocycles. The van der Waals surface area contributed by atoms with Crippen LogP contribution in [0, 0.1) is 0 Å². The summed E-state index contributed by atoms with van der Waals surface area (Å²) in [5.41, 5.74) is 0. The lowest BCUT2D eigenvalue weighted by molar-refractivity contribution is -0.00529. The molecule has 3 N–H and O–H groups in total. The van der Waals surface area contributed by atoms with Gasteiger partial charge in [0.05, 0.1) is 0 Å². The predicted octanol–water partition coefficient (Wildman–Crippen LogP) is 1.30. The maximum Gasteiger partial charge on any atom is 0.265 e. The molecule has 19 heavy (non-hydrogen) atoms. The van der Waals surface area contributed by atoms with Crippen molar-refractivity contribution in [3.8, 4) is 5.75 Å². The average Bonchev–Trinajstić information content (AvgIpc) is 2.36. The van der Waals surface area contributed by atoms with Gasteiger partial charge in [0.25, 0.3) is 6.43 Å². The van der Waals surface area contributed by atoms with Crippen molar-refractivity contribution >= 4 is 11.6 Å². The van der Waals surface area contributed by atoms with Crippen LogP contribution < -0.4 is 10.1 Å². The maximum atomic E-state index is 12.0. The van der Waals surface area contributed by atoms with E-state index in [4.69, 9.17) is 21.4 Å². The molecule has 1 rings (SSSR count). The van der Waals surface area contributed by atoms with E-state index in [1.807, 2.05) is 0 Å². The molecule has 108 valence electrons. The van der Waals surface area contributed by atoms with Crippen LogP contribution in [0.1, 0.15) is 0 Å². The molecule has 1 aromatic carbocycles. The van der Waals surface area contributed by atoms with Crippen molar-refractivity contribution in [3.63, 3.8) is 0 Å².